The molecule has 2 aromatic carbocycles. The standard InChI is InChI=1S/C15H18BrNO2S/c1-3-20(18,19)10-11(2)17-15-7-5-12-8-14(16)6-4-13(12)9-15/h4-9,11,17H,3,10H2,1-2H3. The predicted octanol–water partition coefficient (Wildman–Crippen LogP) is 3.84. The highest BCUT2D eigenvalue weighted by molar-refractivity contribution is 9.10. The molecule has 2 rings (SSSR count). The van der Waals surface area contributed by atoms with Gasteiger partial charge in [0.05, 0.1) is 5.75 Å². The number of hydrogen-bond donors (Lipinski definition) is 1. The van der Waals surface area contributed by atoms with Crippen molar-refractivity contribution in [2.45, 2.75) is 19.9 Å². The zero-order chi connectivity index (χ0) is 14.8. The van der Waals surface area contributed by atoms with Crippen molar-refractivity contribution in [3.8, 4) is 0 Å². The maximum atomic E-state index is 11.6. The smallest absolute Gasteiger partial charge is 0.152 e. The number of sulfone groups is 1. The van der Waals surface area contributed by atoms with E-state index < -0.39 is 9.84 Å². The lowest BCUT2D eigenvalue weighted by Crippen LogP contribution is -2.26. The zero-order valence-electron chi connectivity index (χ0n) is 11.6. The molecule has 0 aliphatic rings. The van der Waals surface area contributed by atoms with Gasteiger partial charge in [0.1, 0.15) is 0 Å². The van der Waals surface area contributed by atoms with Crippen LogP contribution < -0.4 is 5.32 Å². The van der Waals surface area contributed by atoms with Crippen LogP contribution in [0.25, 0.3) is 10.8 Å². The molecule has 0 spiro atoms. The molecule has 0 bridgehead atoms. The molecule has 0 saturated carbocycles. The van der Waals surface area contributed by atoms with Gasteiger partial charge in [-0.25, -0.2) is 8.42 Å². The van der Waals surface area contributed by atoms with E-state index in [1.165, 1.54) is 0 Å². The van der Waals surface area contributed by atoms with E-state index in [9.17, 15) is 8.42 Å². The first-order valence-corrected chi connectivity index (χ1v) is 9.17. The van der Waals surface area contributed by atoms with Crippen LogP contribution in [0.2, 0.25) is 0 Å². The highest BCUT2D eigenvalue weighted by Crippen LogP contribution is 2.23. The topological polar surface area (TPSA) is 46.2 Å². The summed E-state index contributed by atoms with van der Waals surface area (Å²) >= 11 is 3.45. The Morgan fingerprint density at radius 1 is 1.15 bits per heavy atom. The van der Waals surface area contributed by atoms with Gasteiger partial charge < -0.3 is 5.32 Å². The maximum absolute atomic E-state index is 11.6. The minimum Gasteiger partial charge on any atom is -0.382 e. The summed E-state index contributed by atoms with van der Waals surface area (Å²) in [5, 5.41) is 5.53. The van der Waals surface area contributed by atoms with Crippen molar-refractivity contribution in [1.29, 1.82) is 0 Å². The first-order valence-electron chi connectivity index (χ1n) is 6.56. The van der Waals surface area contributed by atoms with Crippen LogP contribution in [-0.2, 0) is 9.84 Å². The monoisotopic (exact) mass is 355 g/mol. The van der Waals surface area contributed by atoms with E-state index >= 15 is 0 Å². The summed E-state index contributed by atoms with van der Waals surface area (Å²) in [7, 11) is -2.96. The third-order valence-electron chi connectivity index (χ3n) is 3.16. The summed E-state index contributed by atoms with van der Waals surface area (Å²) in [6.45, 7) is 3.56. The minimum atomic E-state index is -2.96. The van der Waals surface area contributed by atoms with Crippen LogP contribution in [0, 0.1) is 0 Å². The van der Waals surface area contributed by atoms with E-state index in [2.05, 4.69) is 27.3 Å². The fraction of sp³-hybridized carbons (Fsp3) is 0.333. The van der Waals surface area contributed by atoms with E-state index in [1.54, 1.807) is 6.92 Å². The Bertz CT molecular complexity index is 713. The summed E-state index contributed by atoms with van der Waals surface area (Å²) in [6.07, 6.45) is 0. The lowest BCUT2D eigenvalue weighted by atomic mass is 10.1. The third-order valence-corrected chi connectivity index (χ3v) is 5.54. The van der Waals surface area contributed by atoms with Gasteiger partial charge in [0.25, 0.3) is 0 Å². The second kappa shape index (κ2) is 6.14. The molecule has 3 nitrogen and oxygen atoms in total. The Morgan fingerprint density at radius 2 is 1.80 bits per heavy atom. The van der Waals surface area contributed by atoms with Crippen LogP contribution in [0.1, 0.15) is 13.8 Å². The van der Waals surface area contributed by atoms with Crippen molar-refractivity contribution in [1.82, 2.24) is 0 Å². The Hall–Kier alpha value is -1.07. The predicted molar refractivity (Wildman–Crippen MR) is 89.1 cm³/mol. The molecule has 108 valence electrons. The molecule has 2 aromatic rings. The highest BCUT2D eigenvalue weighted by Gasteiger charge is 2.13. The fourth-order valence-electron chi connectivity index (χ4n) is 2.13. The quantitative estimate of drug-likeness (QED) is 0.886. The van der Waals surface area contributed by atoms with Gasteiger partial charge in [-0.05, 0) is 42.0 Å². The molecule has 0 aliphatic carbocycles. The molecular weight excluding hydrogens is 338 g/mol. The summed E-state index contributed by atoms with van der Waals surface area (Å²) in [5.74, 6) is 0.340. The molecule has 1 N–H and O–H groups in total. The van der Waals surface area contributed by atoms with Crippen molar-refractivity contribution in [3.05, 3.63) is 40.9 Å². The van der Waals surface area contributed by atoms with Gasteiger partial charge in [0.15, 0.2) is 9.84 Å². The van der Waals surface area contributed by atoms with Crippen molar-refractivity contribution < 1.29 is 8.42 Å². The van der Waals surface area contributed by atoms with Crippen molar-refractivity contribution >= 4 is 42.2 Å². The highest BCUT2D eigenvalue weighted by atomic mass is 79.9. The van der Waals surface area contributed by atoms with Gasteiger partial charge in [-0.3, -0.25) is 0 Å². The van der Waals surface area contributed by atoms with Crippen LogP contribution in [0.15, 0.2) is 40.9 Å². The third kappa shape index (κ3) is 3.96. The van der Waals surface area contributed by atoms with E-state index in [0.717, 1.165) is 20.9 Å². The van der Waals surface area contributed by atoms with Gasteiger partial charge in [0.2, 0.25) is 0 Å². The number of anilines is 1. The first kappa shape index (κ1) is 15.3. The number of benzene rings is 2. The van der Waals surface area contributed by atoms with Crippen LogP contribution in [0.3, 0.4) is 0 Å². The van der Waals surface area contributed by atoms with Gasteiger partial charge in [-0.15, -0.1) is 0 Å². The Labute approximate surface area is 128 Å². The lowest BCUT2D eigenvalue weighted by Gasteiger charge is -2.15. The maximum Gasteiger partial charge on any atom is 0.152 e. The van der Waals surface area contributed by atoms with E-state index in [-0.39, 0.29) is 17.5 Å². The minimum absolute atomic E-state index is 0.104. The van der Waals surface area contributed by atoms with E-state index in [0.29, 0.717) is 0 Å². The van der Waals surface area contributed by atoms with Crippen LogP contribution in [0.5, 0.6) is 0 Å². The second-order valence-corrected chi connectivity index (χ2v) is 8.26. The molecule has 0 aromatic heterocycles. The molecule has 20 heavy (non-hydrogen) atoms. The van der Waals surface area contributed by atoms with Gasteiger partial charge in [-0.2, -0.15) is 0 Å². The average Bonchev–Trinajstić information content (AvgIpc) is 2.38. The van der Waals surface area contributed by atoms with Gasteiger partial charge in [-0.1, -0.05) is 35.0 Å². The van der Waals surface area contributed by atoms with Gasteiger partial charge in [0, 0.05) is 22.0 Å². The number of rotatable bonds is 5. The Balaban J connectivity index is 2.16. The molecule has 0 aliphatic heterocycles. The van der Waals surface area contributed by atoms with E-state index in [1.807, 2.05) is 37.3 Å². The number of hydrogen-bond acceptors (Lipinski definition) is 3. The number of fused-ring (bicyclic) bond motifs is 1. The molecule has 1 atom stereocenters. The summed E-state index contributed by atoms with van der Waals surface area (Å²) in [5.41, 5.74) is 0.943. The number of nitrogens with one attached hydrogen (secondary N) is 1. The second-order valence-electron chi connectivity index (χ2n) is 4.95. The SMILES string of the molecule is CCS(=O)(=O)CC(C)Nc1ccc2cc(Br)ccc2c1. The lowest BCUT2D eigenvalue weighted by molar-refractivity contribution is 0.593. The summed E-state index contributed by atoms with van der Waals surface area (Å²) in [4.78, 5) is 0. The molecule has 0 radical (unpaired) electrons. The van der Waals surface area contributed by atoms with Crippen LogP contribution in [0.4, 0.5) is 5.69 Å². The van der Waals surface area contributed by atoms with E-state index in [4.69, 9.17) is 0 Å². The zero-order valence-corrected chi connectivity index (χ0v) is 14.0. The molecule has 0 saturated heterocycles. The summed E-state index contributed by atoms with van der Waals surface area (Å²) < 4.78 is 24.3. The van der Waals surface area contributed by atoms with Crippen molar-refractivity contribution in [2.24, 2.45) is 0 Å². The molecule has 0 heterocycles. The van der Waals surface area contributed by atoms with Crippen LogP contribution >= 0.6 is 15.9 Å². The van der Waals surface area contributed by atoms with Crippen LogP contribution in [-0.4, -0.2) is 26.0 Å². The first-order chi connectivity index (χ1) is 9.39. The largest absolute Gasteiger partial charge is 0.382 e. The van der Waals surface area contributed by atoms with Crippen molar-refractivity contribution in [3.63, 3.8) is 0 Å². The molecule has 5 heteroatoms. The molecule has 1 unspecified atom stereocenters. The Kier molecular flexibility index (Phi) is 4.70. The molecular formula is C15H18BrNO2S. The normalized spacial score (nSPS) is 13.3. The molecule has 0 fully saturated rings. The molecule has 0 amide bonds. The van der Waals surface area contributed by atoms with Gasteiger partial charge >= 0.3 is 0 Å². The Morgan fingerprint density at radius 3 is 2.50 bits per heavy atom. The average molecular weight is 356 g/mol. The van der Waals surface area contributed by atoms with Crippen molar-refractivity contribution in [2.75, 3.05) is 16.8 Å². The summed E-state index contributed by atoms with van der Waals surface area (Å²) in [6, 6.07) is 12.0. The fourth-order valence-corrected chi connectivity index (χ4v) is 3.59. The number of halogens is 1.